The highest BCUT2D eigenvalue weighted by molar-refractivity contribution is 9.10. The van der Waals surface area contributed by atoms with E-state index in [9.17, 15) is 4.39 Å². The van der Waals surface area contributed by atoms with E-state index < -0.39 is 0 Å². The fraction of sp³-hybridized carbons (Fsp3) is 0.250. The van der Waals surface area contributed by atoms with Crippen LogP contribution in [0, 0.1) is 5.82 Å². The Balaban J connectivity index is 1.84. The molecule has 2 aromatic carbocycles. The van der Waals surface area contributed by atoms with Crippen LogP contribution in [0.5, 0.6) is 11.5 Å². The summed E-state index contributed by atoms with van der Waals surface area (Å²) in [6, 6.07) is 10.3. The third-order valence-electron chi connectivity index (χ3n) is 3.35. The summed E-state index contributed by atoms with van der Waals surface area (Å²) in [4.78, 5) is 0. The van der Waals surface area contributed by atoms with E-state index in [2.05, 4.69) is 21.2 Å². The maximum absolute atomic E-state index is 13.3. The Kier molecular flexibility index (Phi) is 4.01. The van der Waals surface area contributed by atoms with Crippen molar-refractivity contribution in [3.8, 4) is 11.5 Å². The summed E-state index contributed by atoms with van der Waals surface area (Å²) in [5, 5.41) is 3.35. The van der Waals surface area contributed by atoms with Gasteiger partial charge in [-0.05, 0) is 40.5 Å². The Morgan fingerprint density at radius 1 is 1.14 bits per heavy atom. The first-order valence-electron chi connectivity index (χ1n) is 6.74. The van der Waals surface area contributed by atoms with Gasteiger partial charge in [0.2, 0.25) is 0 Å². The highest BCUT2D eigenvalue weighted by atomic mass is 79.9. The summed E-state index contributed by atoms with van der Waals surface area (Å²) >= 11 is 3.52. The second-order valence-corrected chi connectivity index (χ2v) is 5.75. The van der Waals surface area contributed by atoms with Crippen LogP contribution in [0.1, 0.15) is 18.5 Å². The Hall–Kier alpha value is -1.75. The van der Waals surface area contributed by atoms with Crippen LogP contribution in [0.4, 0.5) is 10.1 Å². The second kappa shape index (κ2) is 5.93. The fourth-order valence-corrected chi connectivity index (χ4v) is 2.70. The van der Waals surface area contributed by atoms with Crippen LogP contribution in [0.3, 0.4) is 0 Å². The van der Waals surface area contributed by atoms with Crippen molar-refractivity contribution in [2.24, 2.45) is 0 Å². The maximum atomic E-state index is 13.3. The van der Waals surface area contributed by atoms with Gasteiger partial charge in [0.25, 0.3) is 0 Å². The molecule has 0 bridgehead atoms. The van der Waals surface area contributed by atoms with Crippen LogP contribution < -0.4 is 14.8 Å². The van der Waals surface area contributed by atoms with Crippen molar-refractivity contribution in [1.82, 2.24) is 0 Å². The van der Waals surface area contributed by atoms with Crippen LogP contribution in [0.25, 0.3) is 0 Å². The molecule has 2 aromatic rings. The smallest absolute Gasteiger partial charge is 0.163 e. The zero-order chi connectivity index (χ0) is 14.8. The number of rotatable bonds is 3. The fourth-order valence-electron chi connectivity index (χ4n) is 2.27. The third-order valence-corrected chi connectivity index (χ3v) is 4.01. The predicted octanol–water partition coefficient (Wildman–Crippen LogP) is 4.53. The van der Waals surface area contributed by atoms with Gasteiger partial charge in [-0.2, -0.15) is 0 Å². The first-order valence-corrected chi connectivity index (χ1v) is 7.54. The lowest BCUT2D eigenvalue weighted by Gasteiger charge is -2.22. The highest BCUT2D eigenvalue weighted by Crippen LogP contribution is 2.39. The Morgan fingerprint density at radius 2 is 1.86 bits per heavy atom. The molecule has 1 aliphatic heterocycles. The van der Waals surface area contributed by atoms with Crippen LogP contribution >= 0.6 is 15.9 Å². The van der Waals surface area contributed by atoms with E-state index in [0.717, 1.165) is 27.2 Å². The number of ether oxygens (including phenoxy) is 2. The van der Waals surface area contributed by atoms with Gasteiger partial charge >= 0.3 is 0 Å². The van der Waals surface area contributed by atoms with Crippen LogP contribution in [-0.4, -0.2) is 13.2 Å². The molecule has 1 unspecified atom stereocenters. The van der Waals surface area contributed by atoms with Gasteiger partial charge < -0.3 is 14.8 Å². The number of benzene rings is 2. The van der Waals surface area contributed by atoms with Crippen molar-refractivity contribution in [2.45, 2.75) is 13.0 Å². The molecule has 1 N–H and O–H groups in total. The normalized spacial score (nSPS) is 14.6. The molecule has 0 saturated carbocycles. The molecule has 1 heterocycles. The molecular weight excluding hydrogens is 337 g/mol. The van der Waals surface area contributed by atoms with Gasteiger partial charge in [-0.3, -0.25) is 0 Å². The van der Waals surface area contributed by atoms with E-state index in [1.54, 1.807) is 6.07 Å². The predicted molar refractivity (Wildman–Crippen MR) is 83.6 cm³/mol. The maximum Gasteiger partial charge on any atom is 0.163 e. The largest absolute Gasteiger partial charge is 0.486 e. The second-order valence-electron chi connectivity index (χ2n) is 4.90. The number of anilines is 1. The van der Waals surface area contributed by atoms with Gasteiger partial charge in [-0.15, -0.1) is 0 Å². The summed E-state index contributed by atoms with van der Waals surface area (Å²) in [5.74, 6) is 1.22. The Labute approximate surface area is 131 Å². The van der Waals surface area contributed by atoms with Gasteiger partial charge in [-0.25, -0.2) is 4.39 Å². The zero-order valence-electron chi connectivity index (χ0n) is 11.5. The lowest BCUT2D eigenvalue weighted by atomic mass is 10.1. The van der Waals surface area contributed by atoms with Crippen LogP contribution in [0.15, 0.2) is 40.9 Å². The van der Waals surface area contributed by atoms with Gasteiger partial charge in [0.15, 0.2) is 11.5 Å². The van der Waals surface area contributed by atoms with Crippen molar-refractivity contribution < 1.29 is 13.9 Å². The Morgan fingerprint density at radius 3 is 2.57 bits per heavy atom. The molecule has 0 saturated heterocycles. The molecule has 5 heteroatoms. The molecule has 1 aliphatic rings. The number of hydrogen-bond donors (Lipinski definition) is 1. The highest BCUT2D eigenvalue weighted by Gasteiger charge is 2.16. The molecule has 1 atom stereocenters. The molecule has 3 rings (SSSR count). The molecule has 0 spiro atoms. The zero-order valence-corrected chi connectivity index (χ0v) is 13.1. The quantitative estimate of drug-likeness (QED) is 0.880. The standard InChI is InChI=1S/C16H15BrFNO2/c1-10(11-3-2-4-12(18)7-11)19-14-9-16-15(8-13(14)17)20-5-6-21-16/h2-4,7-10,19H,5-6H2,1H3. The molecular formula is C16H15BrFNO2. The minimum absolute atomic E-state index is 0.0282. The average Bonchev–Trinajstić information content (AvgIpc) is 2.48. The van der Waals surface area contributed by atoms with E-state index in [0.29, 0.717) is 13.2 Å². The summed E-state index contributed by atoms with van der Waals surface area (Å²) in [5.41, 5.74) is 1.77. The van der Waals surface area contributed by atoms with Crippen molar-refractivity contribution >= 4 is 21.6 Å². The van der Waals surface area contributed by atoms with Crippen molar-refractivity contribution in [3.63, 3.8) is 0 Å². The summed E-state index contributed by atoms with van der Waals surface area (Å²) in [6.45, 7) is 3.09. The number of fused-ring (bicyclic) bond motifs is 1. The molecule has 110 valence electrons. The molecule has 0 aliphatic carbocycles. The summed E-state index contributed by atoms with van der Waals surface area (Å²) in [6.07, 6.45) is 0. The molecule has 21 heavy (non-hydrogen) atoms. The number of halogens is 2. The average molecular weight is 352 g/mol. The monoisotopic (exact) mass is 351 g/mol. The minimum Gasteiger partial charge on any atom is -0.486 e. The van der Waals surface area contributed by atoms with Crippen molar-refractivity contribution in [2.75, 3.05) is 18.5 Å². The van der Waals surface area contributed by atoms with E-state index >= 15 is 0 Å². The topological polar surface area (TPSA) is 30.5 Å². The molecule has 0 fully saturated rings. The number of nitrogens with one attached hydrogen (secondary N) is 1. The SMILES string of the molecule is CC(Nc1cc2c(cc1Br)OCCO2)c1cccc(F)c1. The summed E-state index contributed by atoms with van der Waals surface area (Å²) in [7, 11) is 0. The van der Waals surface area contributed by atoms with Gasteiger partial charge in [0, 0.05) is 22.6 Å². The lowest BCUT2D eigenvalue weighted by Crippen LogP contribution is -2.16. The van der Waals surface area contributed by atoms with E-state index in [1.165, 1.54) is 12.1 Å². The number of hydrogen-bond acceptors (Lipinski definition) is 3. The molecule has 0 radical (unpaired) electrons. The first kappa shape index (κ1) is 14.2. The van der Waals surface area contributed by atoms with Crippen LogP contribution in [-0.2, 0) is 0 Å². The molecule has 0 aromatic heterocycles. The molecule has 3 nitrogen and oxygen atoms in total. The summed E-state index contributed by atoms with van der Waals surface area (Å²) < 4.78 is 25.3. The van der Waals surface area contributed by atoms with Crippen molar-refractivity contribution in [3.05, 3.63) is 52.3 Å². The molecule has 0 amide bonds. The minimum atomic E-state index is -0.234. The van der Waals surface area contributed by atoms with E-state index in [-0.39, 0.29) is 11.9 Å². The van der Waals surface area contributed by atoms with E-state index in [4.69, 9.17) is 9.47 Å². The van der Waals surface area contributed by atoms with Gasteiger partial charge in [0.05, 0.1) is 5.69 Å². The van der Waals surface area contributed by atoms with Gasteiger partial charge in [0.1, 0.15) is 19.0 Å². The first-order chi connectivity index (χ1) is 10.1. The van der Waals surface area contributed by atoms with Crippen LogP contribution in [0.2, 0.25) is 0 Å². The van der Waals surface area contributed by atoms with E-state index in [1.807, 2.05) is 25.1 Å². The van der Waals surface area contributed by atoms with Gasteiger partial charge in [-0.1, -0.05) is 12.1 Å². The van der Waals surface area contributed by atoms with Crippen molar-refractivity contribution in [1.29, 1.82) is 0 Å². The Bertz CT molecular complexity index is 663. The lowest BCUT2D eigenvalue weighted by molar-refractivity contribution is 0.171. The third kappa shape index (κ3) is 3.13.